The van der Waals surface area contributed by atoms with Gasteiger partial charge in [-0.2, -0.15) is 0 Å². The Kier molecular flexibility index (Phi) is 7.96. The van der Waals surface area contributed by atoms with Gasteiger partial charge in [0.1, 0.15) is 0 Å². The summed E-state index contributed by atoms with van der Waals surface area (Å²) < 4.78 is 1.66. The van der Waals surface area contributed by atoms with Crippen molar-refractivity contribution in [3.05, 3.63) is 50.3 Å². The number of aryl methyl sites for hydroxylation is 1. The van der Waals surface area contributed by atoms with Crippen LogP contribution in [0.4, 0.5) is 5.69 Å². The molecule has 1 aromatic heterocycles. The fraction of sp³-hybridized carbons (Fsp3) is 0.474. The molecule has 0 saturated heterocycles. The molecule has 1 N–H and O–H groups in total. The van der Waals surface area contributed by atoms with Crippen molar-refractivity contribution in [2.75, 3.05) is 7.05 Å². The zero-order valence-electron chi connectivity index (χ0n) is 16.0. The van der Waals surface area contributed by atoms with Crippen molar-refractivity contribution in [3.63, 3.8) is 0 Å². The molecular weight excluding hydrogens is 334 g/mol. The monoisotopic (exact) mass is 361 g/mol. The quantitative estimate of drug-likeness (QED) is 0.648. The van der Waals surface area contributed by atoms with Crippen LogP contribution in [0.15, 0.2) is 29.1 Å². The lowest BCUT2D eigenvalue weighted by Gasteiger charge is -2.14. The first kappa shape index (κ1) is 21.3. The number of nitro groups is 1. The van der Waals surface area contributed by atoms with Crippen LogP contribution in [-0.4, -0.2) is 22.4 Å². The Bertz CT molecular complexity index is 841. The Hall–Kier alpha value is -2.70. The molecule has 0 radical (unpaired) electrons. The highest BCUT2D eigenvalue weighted by atomic mass is 16.6. The van der Waals surface area contributed by atoms with E-state index in [1.807, 2.05) is 13.8 Å². The van der Waals surface area contributed by atoms with Crippen molar-refractivity contribution in [2.45, 2.75) is 53.0 Å². The van der Waals surface area contributed by atoms with Gasteiger partial charge >= 0.3 is 0 Å². The number of aromatic nitrogens is 1. The van der Waals surface area contributed by atoms with Crippen LogP contribution in [0.25, 0.3) is 10.9 Å². The molecule has 0 bridgehead atoms. The van der Waals surface area contributed by atoms with Crippen molar-refractivity contribution in [1.82, 2.24) is 9.88 Å². The maximum absolute atomic E-state index is 12.1. The van der Waals surface area contributed by atoms with Crippen molar-refractivity contribution < 1.29 is 9.72 Å². The summed E-state index contributed by atoms with van der Waals surface area (Å²) in [5.74, 6) is 0.145. The molecule has 26 heavy (non-hydrogen) atoms. The van der Waals surface area contributed by atoms with Gasteiger partial charge in [-0.05, 0) is 39.3 Å². The number of unbranched alkanes of at least 4 members (excludes halogenated alkanes) is 1. The van der Waals surface area contributed by atoms with E-state index < -0.39 is 4.92 Å². The van der Waals surface area contributed by atoms with Gasteiger partial charge in [0.05, 0.1) is 10.4 Å². The lowest BCUT2D eigenvalue weighted by atomic mass is 10.1. The van der Waals surface area contributed by atoms with Crippen LogP contribution in [-0.2, 0) is 4.79 Å². The van der Waals surface area contributed by atoms with Gasteiger partial charge in [0, 0.05) is 42.6 Å². The molecule has 1 amide bonds. The molecule has 7 heteroatoms. The number of fused-ring (bicyclic) bond motifs is 1. The standard InChI is InChI=1S/C13H14N2O3.C6H13NO/c1-8(2)14-12-5-4-11(15(17)18)7-10(12)6-9(3)13(14)16;1-3-4-5-6(8)7-2/h4-8H,1-3H3;3-5H2,1-2H3,(H,7,8). The van der Waals surface area contributed by atoms with Crippen molar-refractivity contribution in [1.29, 1.82) is 0 Å². The second-order valence-electron chi connectivity index (χ2n) is 6.37. The third-order valence-corrected chi connectivity index (χ3v) is 3.96. The van der Waals surface area contributed by atoms with E-state index >= 15 is 0 Å². The number of hydrogen-bond donors (Lipinski definition) is 1. The predicted octanol–water partition coefficient (Wildman–Crippen LogP) is 3.72. The minimum Gasteiger partial charge on any atom is -0.359 e. The maximum atomic E-state index is 12.1. The van der Waals surface area contributed by atoms with E-state index in [-0.39, 0.29) is 23.2 Å². The van der Waals surface area contributed by atoms with Gasteiger partial charge in [-0.1, -0.05) is 13.3 Å². The van der Waals surface area contributed by atoms with E-state index in [4.69, 9.17) is 0 Å². The molecule has 0 aliphatic rings. The summed E-state index contributed by atoms with van der Waals surface area (Å²) in [6.07, 6.45) is 2.76. The molecule has 7 nitrogen and oxygen atoms in total. The summed E-state index contributed by atoms with van der Waals surface area (Å²) >= 11 is 0. The predicted molar refractivity (Wildman–Crippen MR) is 104 cm³/mol. The third kappa shape index (κ3) is 5.40. The first-order valence-electron chi connectivity index (χ1n) is 8.73. The molecule has 1 heterocycles. The largest absolute Gasteiger partial charge is 0.359 e. The molecule has 2 aromatic rings. The van der Waals surface area contributed by atoms with Gasteiger partial charge in [0.15, 0.2) is 0 Å². The molecule has 0 atom stereocenters. The van der Waals surface area contributed by atoms with Crippen LogP contribution in [0.1, 0.15) is 51.6 Å². The Morgan fingerprint density at radius 2 is 1.96 bits per heavy atom. The van der Waals surface area contributed by atoms with Crippen LogP contribution in [0.5, 0.6) is 0 Å². The molecule has 2 rings (SSSR count). The normalized spacial score (nSPS) is 10.4. The minimum absolute atomic E-state index is 0.0151. The molecule has 0 fully saturated rings. The van der Waals surface area contributed by atoms with Crippen LogP contribution in [0.3, 0.4) is 0 Å². The third-order valence-electron chi connectivity index (χ3n) is 3.96. The van der Waals surface area contributed by atoms with Gasteiger partial charge in [0.25, 0.3) is 11.2 Å². The van der Waals surface area contributed by atoms with E-state index in [1.54, 1.807) is 30.7 Å². The number of carbonyl (C=O) groups is 1. The van der Waals surface area contributed by atoms with Gasteiger partial charge < -0.3 is 9.88 Å². The number of nitro benzene ring substituents is 1. The van der Waals surface area contributed by atoms with Crippen LogP contribution >= 0.6 is 0 Å². The van der Waals surface area contributed by atoms with Gasteiger partial charge in [-0.15, -0.1) is 0 Å². The molecule has 0 saturated carbocycles. The van der Waals surface area contributed by atoms with E-state index in [0.717, 1.165) is 23.7 Å². The number of nitrogens with one attached hydrogen (secondary N) is 1. The van der Waals surface area contributed by atoms with Crippen molar-refractivity contribution in [3.8, 4) is 0 Å². The highest BCUT2D eigenvalue weighted by Crippen LogP contribution is 2.22. The summed E-state index contributed by atoms with van der Waals surface area (Å²) in [4.78, 5) is 32.9. The van der Waals surface area contributed by atoms with Crippen molar-refractivity contribution >= 4 is 22.5 Å². The number of nitrogens with zero attached hydrogens (tertiary/aromatic N) is 2. The smallest absolute Gasteiger partial charge is 0.270 e. The number of hydrogen-bond acceptors (Lipinski definition) is 4. The number of pyridine rings is 1. The molecule has 1 aromatic carbocycles. The van der Waals surface area contributed by atoms with Gasteiger partial charge in [-0.3, -0.25) is 19.7 Å². The number of rotatable bonds is 5. The highest BCUT2D eigenvalue weighted by molar-refractivity contribution is 5.82. The fourth-order valence-corrected chi connectivity index (χ4v) is 2.56. The highest BCUT2D eigenvalue weighted by Gasteiger charge is 2.12. The minimum atomic E-state index is -0.431. The number of carbonyl (C=O) groups excluding carboxylic acids is 1. The van der Waals surface area contributed by atoms with Crippen LogP contribution in [0.2, 0.25) is 0 Å². The SMILES string of the molecule is CCCCC(=O)NC.Cc1cc2cc([N+](=O)[O-])ccc2n(C(C)C)c1=O. The summed E-state index contributed by atoms with van der Waals surface area (Å²) in [5.41, 5.74) is 1.31. The first-order valence-corrected chi connectivity index (χ1v) is 8.73. The molecule has 0 aliphatic heterocycles. The number of benzene rings is 1. The van der Waals surface area contributed by atoms with Crippen LogP contribution < -0.4 is 10.9 Å². The summed E-state index contributed by atoms with van der Waals surface area (Å²) in [6.45, 7) is 7.63. The Labute approximate surface area is 153 Å². The molecule has 0 unspecified atom stereocenters. The Balaban J connectivity index is 0.000000359. The fourth-order valence-electron chi connectivity index (χ4n) is 2.56. The van der Waals surface area contributed by atoms with E-state index in [1.165, 1.54) is 12.1 Å². The van der Waals surface area contributed by atoms with Gasteiger partial charge in [-0.25, -0.2) is 0 Å². The van der Waals surface area contributed by atoms with Crippen molar-refractivity contribution in [2.24, 2.45) is 0 Å². The first-order chi connectivity index (χ1) is 12.2. The summed E-state index contributed by atoms with van der Waals surface area (Å²) in [7, 11) is 1.66. The zero-order chi connectivity index (χ0) is 19.9. The Morgan fingerprint density at radius 3 is 2.46 bits per heavy atom. The molecule has 142 valence electrons. The second-order valence-corrected chi connectivity index (χ2v) is 6.37. The maximum Gasteiger partial charge on any atom is 0.270 e. The lowest BCUT2D eigenvalue weighted by Crippen LogP contribution is -2.24. The number of amides is 1. The number of non-ortho nitro benzene ring substituents is 1. The van der Waals surface area contributed by atoms with E-state index in [9.17, 15) is 19.7 Å². The lowest BCUT2D eigenvalue weighted by molar-refractivity contribution is -0.384. The summed E-state index contributed by atoms with van der Waals surface area (Å²) in [6, 6.07) is 6.27. The molecular formula is C19H27N3O4. The topological polar surface area (TPSA) is 94.2 Å². The van der Waals surface area contributed by atoms with Gasteiger partial charge in [0.2, 0.25) is 5.91 Å². The molecule has 0 spiro atoms. The average Bonchev–Trinajstić information content (AvgIpc) is 2.60. The molecule has 0 aliphatic carbocycles. The zero-order valence-corrected chi connectivity index (χ0v) is 16.0. The Morgan fingerprint density at radius 1 is 1.31 bits per heavy atom. The van der Waals surface area contributed by atoms with E-state index in [2.05, 4.69) is 12.2 Å². The second kappa shape index (κ2) is 9.70. The average molecular weight is 361 g/mol. The van der Waals surface area contributed by atoms with Crippen LogP contribution in [0, 0.1) is 17.0 Å². The van der Waals surface area contributed by atoms with E-state index in [0.29, 0.717) is 12.0 Å². The summed E-state index contributed by atoms with van der Waals surface area (Å²) in [5, 5.41) is 14.0.